The Labute approximate surface area is 131 Å². The molecular weight excluding hydrogens is 308 g/mol. The predicted octanol–water partition coefficient (Wildman–Crippen LogP) is 3.92. The first kappa shape index (κ1) is 15.8. The first-order valence-electron chi connectivity index (χ1n) is 7.38. The maximum Gasteiger partial charge on any atom is 0.421 e. The number of benzene rings is 2. The summed E-state index contributed by atoms with van der Waals surface area (Å²) in [7, 11) is 0. The van der Waals surface area contributed by atoms with E-state index in [4.69, 9.17) is 0 Å². The van der Waals surface area contributed by atoms with Crippen LogP contribution < -0.4 is 10.2 Å². The zero-order valence-corrected chi connectivity index (χ0v) is 12.3. The summed E-state index contributed by atoms with van der Waals surface area (Å²) >= 11 is 0. The van der Waals surface area contributed by atoms with Crippen molar-refractivity contribution in [1.29, 1.82) is 0 Å². The summed E-state index contributed by atoms with van der Waals surface area (Å²) in [5.74, 6) is -1.23. The number of nitrogens with one attached hydrogen (secondary N) is 1. The minimum atomic E-state index is -4.72. The maximum atomic E-state index is 14.3. The predicted molar refractivity (Wildman–Crippen MR) is 81.9 cm³/mol. The quantitative estimate of drug-likeness (QED) is 0.842. The summed E-state index contributed by atoms with van der Waals surface area (Å²) in [5, 5.41) is 3.09. The van der Waals surface area contributed by atoms with E-state index in [9.17, 15) is 17.6 Å². The molecule has 2 aromatic rings. The summed E-state index contributed by atoms with van der Waals surface area (Å²) < 4.78 is 54.2. The van der Waals surface area contributed by atoms with Gasteiger partial charge >= 0.3 is 6.18 Å². The number of halogens is 4. The molecule has 1 fully saturated rings. The average Bonchev–Trinajstić information content (AvgIpc) is 2.54. The highest BCUT2D eigenvalue weighted by Gasteiger charge is 2.39. The number of hydrogen-bond acceptors (Lipinski definition) is 2. The standard InChI is InChI=1S/C17H16F4N2/c18-14-10-13(12-4-2-1-3-5-12)11-15(16(14)17(19,20)21)23-8-6-22-7-9-23/h1-5,10-11,22H,6-9H2. The smallest absolute Gasteiger partial charge is 0.368 e. The van der Waals surface area contributed by atoms with Crippen LogP contribution in [0.4, 0.5) is 23.2 Å². The molecular formula is C17H16F4N2. The lowest BCUT2D eigenvalue weighted by atomic mass is 10.0. The van der Waals surface area contributed by atoms with Crippen molar-refractivity contribution in [3.05, 3.63) is 53.8 Å². The third-order valence-electron chi connectivity index (χ3n) is 3.92. The van der Waals surface area contributed by atoms with Gasteiger partial charge in [0.1, 0.15) is 11.4 Å². The van der Waals surface area contributed by atoms with E-state index in [-0.39, 0.29) is 5.69 Å². The normalized spacial score (nSPS) is 15.7. The van der Waals surface area contributed by atoms with Crippen molar-refractivity contribution in [3.63, 3.8) is 0 Å². The van der Waals surface area contributed by atoms with Crippen molar-refractivity contribution in [3.8, 4) is 11.1 Å². The van der Waals surface area contributed by atoms with Crippen LogP contribution in [0.15, 0.2) is 42.5 Å². The fraction of sp³-hybridized carbons (Fsp3) is 0.294. The molecule has 1 heterocycles. The van der Waals surface area contributed by atoms with Gasteiger partial charge in [-0.2, -0.15) is 13.2 Å². The molecule has 2 nitrogen and oxygen atoms in total. The number of alkyl halides is 3. The number of piperazine rings is 1. The van der Waals surface area contributed by atoms with Crippen molar-refractivity contribution in [1.82, 2.24) is 5.32 Å². The lowest BCUT2D eigenvalue weighted by Crippen LogP contribution is -2.44. The molecule has 6 heteroatoms. The highest BCUT2D eigenvalue weighted by atomic mass is 19.4. The van der Waals surface area contributed by atoms with Gasteiger partial charge in [-0.25, -0.2) is 4.39 Å². The van der Waals surface area contributed by atoms with E-state index in [1.54, 1.807) is 35.2 Å². The van der Waals surface area contributed by atoms with Gasteiger partial charge in [0.05, 0.1) is 5.69 Å². The molecule has 0 saturated carbocycles. The Morgan fingerprint density at radius 3 is 2.17 bits per heavy atom. The van der Waals surface area contributed by atoms with Crippen LogP contribution in [0.2, 0.25) is 0 Å². The second kappa shape index (κ2) is 6.20. The number of anilines is 1. The lowest BCUT2D eigenvalue weighted by Gasteiger charge is -2.32. The molecule has 3 rings (SSSR count). The fourth-order valence-electron chi connectivity index (χ4n) is 2.83. The summed E-state index contributed by atoms with van der Waals surface area (Å²) in [6, 6.07) is 11.3. The molecule has 1 aliphatic rings. The lowest BCUT2D eigenvalue weighted by molar-refractivity contribution is -0.139. The molecule has 122 valence electrons. The maximum absolute atomic E-state index is 14.3. The van der Waals surface area contributed by atoms with Gasteiger partial charge in [-0.15, -0.1) is 0 Å². The van der Waals surface area contributed by atoms with Gasteiger partial charge in [0, 0.05) is 26.2 Å². The first-order valence-corrected chi connectivity index (χ1v) is 7.38. The van der Waals surface area contributed by atoms with Gasteiger partial charge in [-0.3, -0.25) is 0 Å². The van der Waals surface area contributed by atoms with Crippen molar-refractivity contribution in [2.45, 2.75) is 6.18 Å². The SMILES string of the molecule is Fc1cc(-c2ccccc2)cc(N2CCNCC2)c1C(F)(F)F. The van der Waals surface area contributed by atoms with Gasteiger partial charge in [0.25, 0.3) is 0 Å². The Hall–Kier alpha value is -2.08. The third kappa shape index (κ3) is 3.32. The molecule has 0 spiro atoms. The van der Waals surface area contributed by atoms with Crippen LogP contribution in [-0.4, -0.2) is 26.2 Å². The zero-order chi connectivity index (χ0) is 16.4. The highest BCUT2D eigenvalue weighted by molar-refractivity contribution is 5.71. The first-order chi connectivity index (χ1) is 11.0. The molecule has 0 amide bonds. The van der Waals surface area contributed by atoms with E-state index in [1.165, 1.54) is 6.07 Å². The van der Waals surface area contributed by atoms with Gasteiger partial charge in [-0.05, 0) is 23.3 Å². The van der Waals surface area contributed by atoms with Crippen molar-refractivity contribution >= 4 is 5.69 Å². The summed E-state index contributed by atoms with van der Waals surface area (Å²) in [4.78, 5) is 1.59. The van der Waals surface area contributed by atoms with Crippen molar-refractivity contribution in [2.24, 2.45) is 0 Å². The largest absolute Gasteiger partial charge is 0.421 e. The molecule has 1 aliphatic heterocycles. The molecule has 1 saturated heterocycles. The molecule has 1 N–H and O–H groups in total. The van der Waals surface area contributed by atoms with E-state index >= 15 is 0 Å². The molecule has 2 aromatic carbocycles. The highest BCUT2D eigenvalue weighted by Crippen LogP contribution is 2.41. The monoisotopic (exact) mass is 324 g/mol. The van der Waals surface area contributed by atoms with E-state index < -0.39 is 17.6 Å². The number of nitrogens with zero attached hydrogens (tertiary/aromatic N) is 1. The fourth-order valence-corrected chi connectivity index (χ4v) is 2.83. The van der Waals surface area contributed by atoms with Crippen molar-refractivity contribution < 1.29 is 17.6 Å². The van der Waals surface area contributed by atoms with E-state index in [0.717, 1.165) is 6.07 Å². The Bertz CT molecular complexity index is 677. The van der Waals surface area contributed by atoms with Crippen molar-refractivity contribution in [2.75, 3.05) is 31.1 Å². The number of hydrogen-bond donors (Lipinski definition) is 1. The minimum Gasteiger partial charge on any atom is -0.368 e. The van der Waals surface area contributed by atoms with E-state index in [0.29, 0.717) is 37.3 Å². The second-order valence-corrected chi connectivity index (χ2v) is 5.45. The van der Waals surface area contributed by atoms with Crippen LogP contribution in [0.3, 0.4) is 0 Å². The van der Waals surface area contributed by atoms with Gasteiger partial charge in [0.15, 0.2) is 0 Å². The molecule has 0 unspecified atom stereocenters. The van der Waals surface area contributed by atoms with Gasteiger partial charge in [0.2, 0.25) is 0 Å². The van der Waals surface area contributed by atoms with Gasteiger partial charge < -0.3 is 10.2 Å². The zero-order valence-electron chi connectivity index (χ0n) is 12.3. The molecule has 0 aromatic heterocycles. The van der Waals surface area contributed by atoms with Crippen LogP contribution in [0.5, 0.6) is 0 Å². The van der Waals surface area contributed by atoms with Crippen LogP contribution in [0.25, 0.3) is 11.1 Å². The Morgan fingerprint density at radius 2 is 1.57 bits per heavy atom. The number of rotatable bonds is 2. The molecule has 0 radical (unpaired) electrons. The summed E-state index contributed by atoms with van der Waals surface area (Å²) in [5.41, 5.74) is -0.127. The topological polar surface area (TPSA) is 15.3 Å². The summed E-state index contributed by atoms with van der Waals surface area (Å²) in [6.45, 7) is 1.99. The Balaban J connectivity index is 2.14. The van der Waals surface area contributed by atoms with Crippen LogP contribution >= 0.6 is 0 Å². The average molecular weight is 324 g/mol. The molecule has 0 atom stereocenters. The van der Waals surface area contributed by atoms with Crippen LogP contribution in [0.1, 0.15) is 5.56 Å². The van der Waals surface area contributed by atoms with E-state index in [1.807, 2.05) is 0 Å². The molecule has 0 bridgehead atoms. The molecule has 0 aliphatic carbocycles. The second-order valence-electron chi connectivity index (χ2n) is 5.45. The minimum absolute atomic E-state index is 0.0853. The van der Waals surface area contributed by atoms with Crippen LogP contribution in [0, 0.1) is 5.82 Å². The van der Waals surface area contributed by atoms with E-state index in [2.05, 4.69) is 5.32 Å². The third-order valence-corrected chi connectivity index (χ3v) is 3.92. The Kier molecular flexibility index (Phi) is 4.26. The van der Waals surface area contributed by atoms with Gasteiger partial charge in [-0.1, -0.05) is 30.3 Å². The summed E-state index contributed by atoms with van der Waals surface area (Å²) in [6.07, 6.45) is -4.72. The Morgan fingerprint density at radius 1 is 0.913 bits per heavy atom. The molecule has 23 heavy (non-hydrogen) atoms. The van der Waals surface area contributed by atoms with Crippen LogP contribution in [-0.2, 0) is 6.18 Å².